The van der Waals surface area contributed by atoms with E-state index in [4.69, 9.17) is 5.73 Å². The highest BCUT2D eigenvalue weighted by Crippen LogP contribution is 2.31. The lowest BCUT2D eigenvalue weighted by molar-refractivity contribution is 0.302. The van der Waals surface area contributed by atoms with Crippen molar-refractivity contribution in [2.75, 3.05) is 0 Å². The Morgan fingerprint density at radius 2 is 1.84 bits per heavy atom. The molecule has 1 aliphatic rings. The Balaban J connectivity index is 1.98. The maximum atomic E-state index is 11.6. The highest BCUT2D eigenvalue weighted by Gasteiger charge is 2.24. The quantitative estimate of drug-likeness (QED) is 0.631. The minimum Gasteiger partial charge on any atom is -0.335 e. The molecule has 7 heteroatoms. The van der Waals surface area contributed by atoms with E-state index in [9.17, 15) is 9.59 Å². The molecular formula is C12H17N5O2. The topological polar surface area (TPSA) is 120 Å². The second kappa shape index (κ2) is 4.65. The molecule has 1 saturated carbocycles. The molecule has 2 heterocycles. The lowest BCUT2D eigenvalue weighted by atomic mass is 9.84. The Morgan fingerprint density at radius 3 is 2.58 bits per heavy atom. The van der Waals surface area contributed by atoms with Crippen molar-refractivity contribution < 1.29 is 0 Å². The molecule has 0 radical (unpaired) electrons. The zero-order valence-electron chi connectivity index (χ0n) is 10.5. The van der Waals surface area contributed by atoms with Crippen molar-refractivity contribution in [2.24, 2.45) is 11.7 Å². The summed E-state index contributed by atoms with van der Waals surface area (Å²) in [5.41, 5.74) is 5.76. The smallest absolute Gasteiger partial charge is 0.327 e. The van der Waals surface area contributed by atoms with Gasteiger partial charge in [0.15, 0.2) is 5.65 Å². The van der Waals surface area contributed by atoms with Crippen LogP contribution in [-0.2, 0) is 0 Å². The number of nitrogens with zero attached hydrogens (tertiary/aromatic N) is 1. The molecule has 0 spiro atoms. The van der Waals surface area contributed by atoms with Gasteiger partial charge < -0.3 is 10.7 Å². The molecule has 1 atom stereocenters. The maximum absolute atomic E-state index is 11.6. The predicted molar refractivity (Wildman–Crippen MR) is 70.8 cm³/mol. The van der Waals surface area contributed by atoms with Gasteiger partial charge in [-0.25, -0.2) is 9.78 Å². The van der Waals surface area contributed by atoms with Crippen LogP contribution in [0.15, 0.2) is 9.59 Å². The second-order valence-corrected chi connectivity index (χ2v) is 5.18. The minimum atomic E-state index is -0.554. The van der Waals surface area contributed by atoms with E-state index in [0.29, 0.717) is 11.7 Å². The summed E-state index contributed by atoms with van der Waals surface area (Å²) >= 11 is 0. The minimum absolute atomic E-state index is 0.212. The Bertz CT molecular complexity index is 692. The molecule has 1 fully saturated rings. The fourth-order valence-electron chi connectivity index (χ4n) is 2.83. The number of nitrogens with one attached hydrogen (secondary N) is 3. The molecule has 3 rings (SSSR count). The number of hydrogen-bond donors (Lipinski definition) is 4. The first kappa shape index (κ1) is 12.2. The second-order valence-electron chi connectivity index (χ2n) is 5.18. The molecule has 2 aromatic rings. The normalized spacial score (nSPS) is 18.8. The van der Waals surface area contributed by atoms with Gasteiger partial charge in [-0.1, -0.05) is 19.3 Å². The molecule has 0 amide bonds. The zero-order valence-corrected chi connectivity index (χ0v) is 10.5. The van der Waals surface area contributed by atoms with Crippen molar-refractivity contribution in [3.63, 3.8) is 0 Å². The molecule has 1 aliphatic carbocycles. The first-order valence-electron chi connectivity index (χ1n) is 6.63. The average Bonchev–Trinajstić information content (AvgIpc) is 2.83. The summed E-state index contributed by atoms with van der Waals surface area (Å²) in [4.78, 5) is 34.7. The number of imidazole rings is 1. The Hall–Kier alpha value is -1.89. The summed E-state index contributed by atoms with van der Waals surface area (Å²) in [6.45, 7) is 0. The van der Waals surface area contributed by atoms with Gasteiger partial charge in [-0.3, -0.25) is 14.8 Å². The van der Waals surface area contributed by atoms with Gasteiger partial charge in [-0.15, -0.1) is 0 Å². The fourth-order valence-corrected chi connectivity index (χ4v) is 2.83. The monoisotopic (exact) mass is 263 g/mol. The van der Waals surface area contributed by atoms with E-state index in [2.05, 4.69) is 19.9 Å². The number of fused-ring (bicyclic) bond motifs is 1. The van der Waals surface area contributed by atoms with Crippen LogP contribution in [0.4, 0.5) is 0 Å². The standard InChI is InChI=1S/C12H17N5O2/c13-7(6-4-2-1-3-5-6)9-14-8-10(15-9)16-12(19)17-11(8)18/h6-7H,1-5,13H2,(H3,14,15,16,17,18,19). The highest BCUT2D eigenvalue weighted by molar-refractivity contribution is 5.68. The highest BCUT2D eigenvalue weighted by atomic mass is 16.2. The number of aromatic amines is 3. The first-order valence-corrected chi connectivity index (χ1v) is 6.63. The van der Waals surface area contributed by atoms with Crippen LogP contribution in [0.2, 0.25) is 0 Å². The third kappa shape index (κ3) is 2.21. The third-order valence-electron chi connectivity index (χ3n) is 3.88. The van der Waals surface area contributed by atoms with Crippen LogP contribution < -0.4 is 17.0 Å². The summed E-state index contributed by atoms with van der Waals surface area (Å²) in [5, 5.41) is 0. The van der Waals surface area contributed by atoms with E-state index in [0.717, 1.165) is 12.8 Å². The van der Waals surface area contributed by atoms with E-state index >= 15 is 0 Å². The van der Waals surface area contributed by atoms with Crippen molar-refractivity contribution >= 4 is 11.2 Å². The van der Waals surface area contributed by atoms with Crippen molar-refractivity contribution in [1.82, 2.24) is 19.9 Å². The summed E-state index contributed by atoms with van der Waals surface area (Å²) in [5.74, 6) is 0.967. The molecule has 5 N–H and O–H groups in total. The summed E-state index contributed by atoms with van der Waals surface area (Å²) < 4.78 is 0. The third-order valence-corrected chi connectivity index (χ3v) is 3.88. The number of hydrogen-bond acceptors (Lipinski definition) is 4. The van der Waals surface area contributed by atoms with Crippen LogP contribution in [0.3, 0.4) is 0 Å². The predicted octanol–water partition coefficient (Wildman–Crippen LogP) is 0.520. The molecule has 0 aromatic carbocycles. The molecular weight excluding hydrogens is 246 g/mol. The Morgan fingerprint density at radius 1 is 1.11 bits per heavy atom. The Kier molecular flexibility index (Phi) is 2.98. The van der Waals surface area contributed by atoms with Crippen molar-refractivity contribution in [1.29, 1.82) is 0 Å². The van der Waals surface area contributed by atoms with Gasteiger partial charge in [-0.05, 0) is 18.8 Å². The number of aromatic nitrogens is 4. The SMILES string of the molecule is NC(c1nc2[nH]c(=O)[nH]c(=O)c2[nH]1)C1CCCCC1. The first-order chi connectivity index (χ1) is 9.15. The van der Waals surface area contributed by atoms with Gasteiger partial charge in [0.05, 0.1) is 6.04 Å². The summed E-state index contributed by atoms with van der Waals surface area (Å²) in [6, 6.07) is -0.212. The van der Waals surface area contributed by atoms with E-state index in [-0.39, 0.29) is 17.2 Å². The maximum Gasteiger partial charge on any atom is 0.327 e. The van der Waals surface area contributed by atoms with E-state index < -0.39 is 11.2 Å². The summed E-state index contributed by atoms with van der Waals surface area (Å²) in [7, 11) is 0. The van der Waals surface area contributed by atoms with Crippen molar-refractivity contribution in [3.05, 3.63) is 26.7 Å². The molecule has 0 saturated heterocycles. The molecule has 7 nitrogen and oxygen atoms in total. The fraction of sp³-hybridized carbons (Fsp3) is 0.583. The average molecular weight is 263 g/mol. The lowest BCUT2D eigenvalue weighted by Crippen LogP contribution is -2.24. The van der Waals surface area contributed by atoms with Crippen LogP contribution in [-0.4, -0.2) is 19.9 Å². The van der Waals surface area contributed by atoms with Crippen LogP contribution in [0.5, 0.6) is 0 Å². The van der Waals surface area contributed by atoms with Crippen LogP contribution in [0.1, 0.15) is 44.0 Å². The van der Waals surface area contributed by atoms with Crippen LogP contribution in [0, 0.1) is 5.92 Å². The number of rotatable bonds is 2. The van der Waals surface area contributed by atoms with Crippen LogP contribution in [0.25, 0.3) is 11.2 Å². The van der Waals surface area contributed by atoms with Gasteiger partial charge in [0.25, 0.3) is 5.56 Å². The molecule has 1 unspecified atom stereocenters. The zero-order chi connectivity index (χ0) is 13.4. The molecule has 102 valence electrons. The van der Waals surface area contributed by atoms with Crippen LogP contribution >= 0.6 is 0 Å². The molecule has 19 heavy (non-hydrogen) atoms. The largest absolute Gasteiger partial charge is 0.335 e. The molecule has 0 bridgehead atoms. The van der Waals surface area contributed by atoms with Gasteiger partial charge in [-0.2, -0.15) is 0 Å². The number of nitrogens with two attached hydrogens (primary N) is 1. The number of H-pyrrole nitrogens is 3. The van der Waals surface area contributed by atoms with Crippen molar-refractivity contribution in [2.45, 2.75) is 38.1 Å². The molecule has 0 aliphatic heterocycles. The van der Waals surface area contributed by atoms with Gasteiger partial charge >= 0.3 is 5.69 Å². The van der Waals surface area contributed by atoms with Crippen molar-refractivity contribution in [3.8, 4) is 0 Å². The van der Waals surface area contributed by atoms with Gasteiger partial charge in [0.2, 0.25) is 0 Å². The Labute approximate surface area is 108 Å². The lowest BCUT2D eigenvalue weighted by Gasteiger charge is -2.25. The van der Waals surface area contributed by atoms with E-state index in [1.165, 1.54) is 19.3 Å². The van der Waals surface area contributed by atoms with E-state index in [1.807, 2.05) is 0 Å². The van der Waals surface area contributed by atoms with Gasteiger partial charge in [0.1, 0.15) is 11.3 Å². The van der Waals surface area contributed by atoms with E-state index in [1.54, 1.807) is 0 Å². The van der Waals surface area contributed by atoms with Gasteiger partial charge in [0, 0.05) is 0 Å². The summed E-state index contributed by atoms with van der Waals surface area (Å²) in [6.07, 6.45) is 5.82. The molecule has 2 aromatic heterocycles.